The zero-order valence-electron chi connectivity index (χ0n) is 11.9. The normalized spacial score (nSPS) is 17.6. The van der Waals surface area contributed by atoms with E-state index in [0.717, 1.165) is 38.6 Å². The molecule has 1 saturated carbocycles. The molecule has 1 N–H and O–H groups in total. The lowest BCUT2D eigenvalue weighted by Gasteiger charge is -2.28. The Morgan fingerprint density at radius 1 is 1.47 bits per heavy atom. The van der Waals surface area contributed by atoms with Crippen LogP contribution in [-0.2, 0) is 6.54 Å². The molecular formula is C15H24N2O2. The summed E-state index contributed by atoms with van der Waals surface area (Å²) in [4.78, 5) is 14.1. The molecule has 1 aliphatic carbocycles. The van der Waals surface area contributed by atoms with Gasteiger partial charge in [-0.25, -0.2) is 0 Å². The monoisotopic (exact) mass is 264 g/mol. The number of amides is 1. The van der Waals surface area contributed by atoms with E-state index in [1.165, 1.54) is 0 Å². The fraction of sp³-hybridized carbons (Fsp3) is 0.667. The molecule has 4 nitrogen and oxygen atoms in total. The first-order valence-corrected chi connectivity index (χ1v) is 7.19. The Bertz CT molecular complexity index is 433. The summed E-state index contributed by atoms with van der Waals surface area (Å²) in [6.07, 6.45) is 6.67. The number of carbonyl (C=O) groups is 1. The van der Waals surface area contributed by atoms with E-state index in [2.05, 4.69) is 6.92 Å². The third kappa shape index (κ3) is 3.18. The smallest absolute Gasteiger partial charge is 0.270 e. The zero-order valence-corrected chi connectivity index (χ0v) is 11.9. The number of carbonyl (C=O) groups excluding carboxylic acids is 1. The lowest BCUT2D eigenvalue weighted by atomic mass is 10.0. The quantitative estimate of drug-likeness (QED) is 0.886. The molecule has 1 aromatic rings. The van der Waals surface area contributed by atoms with Crippen molar-refractivity contribution in [2.45, 2.75) is 51.2 Å². The first kappa shape index (κ1) is 14.1. The van der Waals surface area contributed by atoms with Gasteiger partial charge in [-0.1, -0.05) is 19.8 Å². The van der Waals surface area contributed by atoms with E-state index in [1.54, 1.807) is 11.9 Å². The molecule has 0 spiro atoms. The highest BCUT2D eigenvalue weighted by Crippen LogP contribution is 2.30. The molecule has 0 saturated heterocycles. The van der Waals surface area contributed by atoms with E-state index in [4.69, 9.17) is 0 Å². The Morgan fingerprint density at radius 2 is 2.16 bits per heavy atom. The van der Waals surface area contributed by atoms with Crippen LogP contribution in [0.3, 0.4) is 0 Å². The van der Waals surface area contributed by atoms with Gasteiger partial charge in [-0.3, -0.25) is 4.79 Å². The Hall–Kier alpha value is -1.29. The third-order valence-electron chi connectivity index (χ3n) is 3.93. The average molecular weight is 264 g/mol. The Balaban J connectivity index is 2.04. The van der Waals surface area contributed by atoms with E-state index >= 15 is 0 Å². The van der Waals surface area contributed by atoms with Crippen molar-refractivity contribution in [3.63, 3.8) is 0 Å². The van der Waals surface area contributed by atoms with Crippen molar-refractivity contribution in [1.29, 1.82) is 0 Å². The molecule has 0 aliphatic heterocycles. The third-order valence-corrected chi connectivity index (χ3v) is 3.93. The van der Waals surface area contributed by atoms with Crippen LogP contribution in [0, 0.1) is 0 Å². The molecule has 19 heavy (non-hydrogen) atoms. The number of aliphatic hydroxyl groups is 1. The van der Waals surface area contributed by atoms with Crippen LogP contribution in [-0.4, -0.2) is 39.7 Å². The van der Waals surface area contributed by atoms with Crippen LogP contribution in [0.15, 0.2) is 18.3 Å². The van der Waals surface area contributed by atoms with Gasteiger partial charge >= 0.3 is 0 Å². The van der Waals surface area contributed by atoms with Crippen molar-refractivity contribution in [1.82, 2.24) is 9.47 Å². The van der Waals surface area contributed by atoms with Crippen molar-refractivity contribution in [2.75, 3.05) is 13.6 Å². The van der Waals surface area contributed by atoms with Gasteiger partial charge in [-0.15, -0.1) is 0 Å². The van der Waals surface area contributed by atoms with Gasteiger partial charge in [-0.05, 0) is 31.4 Å². The molecule has 1 heterocycles. The van der Waals surface area contributed by atoms with Crippen molar-refractivity contribution >= 4 is 5.91 Å². The molecule has 1 amide bonds. The van der Waals surface area contributed by atoms with E-state index < -0.39 is 5.60 Å². The molecule has 2 rings (SSSR count). The minimum absolute atomic E-state index is 0.00113. The summed E-state index contributed by atoms with van der Waals surface area (Å²) in [5, 5.41) is 10.4. The summed E-state index contributed by atoms with van der Waals surface area (Å²) >= 11 is 0. The van der Waals surface area contributed by atoms with E-state index in [9.17, 15) is 9.90 Å². The summed E-state index contributed by atoms with van der Waals surface area (Å²) in [5.74, 6) is -0.00113. The maximum atomic E-state index is 12.4. The van der Waals surface area contributed by atoms with Crippen LogP contribution >= 0.6 is 0 Å². The maximum Gasteiger partial charge on any atom is 0.270 e. The fourth-order valence-electron chi connectivity index (χ4n) is 2.94. The first-order chi connectivity index (χ1) is 9.06. The molecule has 1 aromatic heterocycles. The molecule has 0 aromatic carbocycles. The number of aromatic nitrogens is 1. The highest BCUT2D eigenvalue weighted by Gasteiger charge is 2.33. The Labute approximate surface area is 115 Å². The van der Waals surface area contributed by atoms with Gasteiger partial charge in [0.2, 0.25) is 0 Å². The van der Waals surface area contributed by atoms with Crippen LogP contribution < -0.4 is 0 Å². The first-order valence-electron chi connectivity index (χ1n) is 7.19. The van der Waals surface area contributed by atoms with Crippen LogP contribution in [0.5, 0.6) is 0 Å². The van der Waals surface area contributed by atoms with Crippen molar-refractivity contribution in [2.24, 2.45) is 0 Å². The predicted octanol–water partition coefficient (Wildman–Crippen LogP) is 2.28. The topological polar surface area (TPSA) is 45.5 Å². The molecule has 0 bridgehead atoms. The second-order valence-electron chi connectivity index (χ2n) is 5.68. The zero-order chi connectivity index (χ0) is 13.9. The molecule has 106 valence electrons. The average Bonchev–Trinajstić information content (AvgIpc) is 2.98. The molecule has 1 aliphatic rings. The molecule has 0 unspecified atom stereocenters. The van der Waals surface area contributed by atoms with Crippen LogP contribution in [0.4, 0.5) is 0 Å². The highest BCUT2D eigenvalue weighted by atomic mass is 16.3. The lowest BCUT2D eigenvalue weighted by molar-refractivity contribution is 0.0153. The van der Waals surface area contributed by atoms with Crippen molar-refractivity contribution in [3.8, 4) is 0 Å². The second kappa shape index (κ2) is 5.78. The van der Waals surface area contributed by atoms with Crippen molar-refractivity contribution < 1.29 is 9.90 Å². The van der Waals surface area contributed by atoms with E-state index in [1.807, 2.05) is 22.9 Å². The second-order valence-corrected chi connectivity index (χ2v) is 5.68. The summed E-state index contributed by atoms with van der Waals surface area (Å²) in [5.41, 5.74) is 0.0398. The van der Waals surface area contributed by atoms with Gasteiger partial charge in [0.05, 0.1) is 5.60 Å². The number of likely N-dealkylation sites (N-methyl/N-ethyl adjacent to an activating group) is 1. The largest absolute Gasteiger partial charge is 0.388 e. The van der Waals surface area contributed by atoms with Crippen molar-refractivity contribution in [3.05, 3.63) is 24.0 Å². The Kier molecular flexibility index (Phi) is 4.30. The fourth-order valence-corrected chi connectivity index (χ4v) is 2.94. The minimum atomic E-state index is -0.674. The minimum Gasteiger partial charge on any atom is -0.388 e. The number of hydrogen-bond acceptors (Lipinski definition) is 2. The van der Waals surface area contributed by atoms with Gasteiger partial charge in [0.1, 0.15) is 5.69 Å². The number of nitrogens with zero attached hydrogens (tertiary/aromatic N) is 2. The van der Waals surface area contributed by atoms with Crippen LogP contribution in [0.25, 0.3) is 0 Å². The highest BCUT2D eigenvalue weighted by molar-refractivity contribution is 5.92. The Morgan fingerprint density at radius 3 is 2.79 bits per heavy atom. The maximum absolute atomic E-state index is 12.4. The standard InChI is InChI=1S/C15H24N2O2/c1-3-10-17-11-6-7-13(17)14(18)16(2)12-15(19)8-4-5-9-15/h6-7,11,19H,3-5,8-10,12H2,1-2H3. The van der Waals surface area contributed by atoms with Gasteiger partial charge in [0, 0.05) is 26.3 Å². The van der Waals surface area contributed by atoms with Crippen LogP contribution in [0.1, 0.15) is 49.5 Å². The summed E-state index contributed by atoms with van der Waals surface area (Å²) in [6.45, 7) is 3.38. The number of rotatable bonds is 5. The molecular weight excluding hydrogens is 240 g/mol. The summed E-state index contributed by atoms with van der Waals surface area (Å²) < 4.78 is 1.98. The molecule has 4 heteroatoms. The van der Waals surface area contributed by atoms with Gasteiger partial charge < -0.3 is 14.6 Å². The van der Waals surface area contributed by atoms with Gasteiger partial charge in [0.15, 0.2) is 0 Å². The van der Waals surface area contributed by atoms with E-state index in [0.29, 0.717) is 12.2 Å². The number of hydrogen-bond donors (Lipinski definition) is 1. The molecule has 0 atom stereocenters. The molecule has 1 fully saturated rings. The van der Waals surface area contributed by atoms with Gasteiger partial charge in [-0.2, -0.15) is 0 Å². The lowest BCUT2D eigenvalue weighted by Crippen LogP contribution is -2.42. The molecule has 0 radical (unpaired) electrons. The predicted molar refractivity (Wildman–Crippen MR) is 75.1 cm³/mol. The number of aryl methyl sites for hydroxylation is 1. The SMILES string of the molecule is CCCn1cccc1C(=O)N(C)CC1(O)CCCC1. The van der Waals surface area contributed by atoms with Gasteiger partial charge in [0.25, 0.3) is 5.91 Å². The van der Waals surface area contributed by atoms with Crippen LogP contribution in [0.2, 0.25) is 0 Å². The van der Waals surface area contributed by atoms with E-state index in [-0.39, 0.29) is 5.91 Å². The summed E-state index contributed by atoms with van der Waals surface area (Å²) in [6, 6.07) is 3.76. The summed E-state index contributed by atoms with van der Waals surface area (Å²) in [7, 11) is 1.78.